The Morgan fingerprint density at radius 2 is 1.73 bits per heavy atom. The summed E-state index contributed by atoms with van der Waals surface area (Å²) in [6.07, 6.45) is 7.37. The number of rotatable bonds is 10. The molecule has 2 aliphatic heterocycles. The molecule has 1 amide bonds. The Morgan fingerprint density at radius 1 is 1.04 bits per heavy atom. The minimum atomic E-state index is -0.861. The van der Waals surface area contributed by atoms with Crippen LogP contribution in [0.15, 0.2) is 73.0 Å². The van der Waals surface area contributed by atoms with Crippen molar-refractivity contribution in [3.63, 3.8) is 0 Å². The van der Waals surface area contributed by atoms with Gasteiger partial charge in [0, 0.05) is 23.7 Å². The fourth-order valence-corrected chi connectivity index (χ4v) is 6.19. The van der Waals surface area contributed by atoms with Crippen molar-refractivity contribution >= 4 is 28.7 Å². The van der Waals surface area contributed by atoms with Crippen LogP contribution in [-0.4, -0.2) is 47.1 Å². The molecule has 0 spiro atoms. The highest BCUT2D eigenvalue weighted by atomic mass is 19.1. The quantitative estimate of drug-likeness (QED) is 0.214. The molecule has 0 saturated carbocycles. The number of carbonyl (C=O) groups is 1. The van der Waals surface area contributed by atoms with Crippen LogP contribution >= 0.6 is 0 Å². The zero-order valence-electron chi connectivity index (χ0n) is 30.4. The van der Waals surface area contributed by atoms with Crippen LogP contribution < -0.4 is 19.7 Å². The first-order valence-corrected chi connectivity index (χ1v) is 17.1. The van der Waals surface area contributed by atoms with Crippen LogP contribution in [0.5, 0.6) is 11.5 Å². The van der Waals surface area contributed by atoms with E-state index in [0.717, 1.165) is 36.2 Å². The average Bonchev–Trinajstić information content (AvgIpc) is 3.44. The van der Waals surface area contributed by atoms with Gasteiger partial charge in [0.2, 0.25) is 0 Å². The third-order valence-corrected chi connectivity index (χ3v) is 8.46. The first kappa shape index (κ1) is 38.7. The number of amides is 1. The summed E-state index contributed by atoms with van der Waals surface area (Å²) in [5, 5.41) is 3.25. The molecule has 49 heavy (non-hydrogen) atoms. The zero-order valence-corrected chi connectivity index (χ0v) is 30.4. The third-order valence-electron chi connectivity index (χ3n) is 8.46. The summed E-state index contributed by atoms with van der Waals surface area (Å²) < 4.78 is 40.9. The maximum atomic E-state index is 15.0. The minimum absolute atomic E-state index is 0.0357. The number of fused-ring (bicyclic) bond motifs is 1. The lowest BCUT2D eigenvalue weighted by Crippen LogP contribution is -2.43. The Kier molecular flexibility index (Phi) is 14.3. The number of pyridine rings is 2. The van der Waals surface area contributed by atoms with Gasteiger partial charge in [0.15, 0.2) is 0 Å². The van der Waals surface area contributed by atoms with Gasteiger partial charge in [-0.15, -0.1) is 0 Å². The summed E-state index contributed by atoms with van der Waals surface area (Å²) in [6, 6.07) is 11.5. The number of anilines is 3. The molecule has 5 rings (SSSR count). The molecule has 1 fully saturated rings. The van der Waals surface area contributed by atoms with Gasteiger partial charge in [0.25, 0.3) is 5.91 Å². The van der Waals surface area contributed by atoms with E-state index < -0.39 is 11.7 Å². The number of nitrogens with zero attached hydrogens (tertiary/aromatic N) is 4. The molecule has 0 radical (unpaired) electrons. The number of carbonyl (C=O) groups excluding carboxylic acids is 1. The summed E-state index contributed by atoms with van der Waals surface area (Å²) in [4.78, 5) is 27.1. The predicted molar refractivity (Wildman–Crippen MR) is 196 cm³/mol. The van der Waals surface area contributed by atoms with E-state index in [0.29, 0.717) is 46.3 Å². The monoisotopic (exact) mass is 675 g/mol. The molecule has 264 valence electrons. The van der Waals surface area contributed by atoms with Crippen LogP contribution in [0.4, 0.5) is 26.0 Å². The van der Waals surface area contributed by atoms with Gasteiger partial charge >= 0.3 is 0 Å². The number of ether oxygens (including phenoxy) is 2. The lowest BCUT2D eigenvalue weighted by Gasteiger charge is -2.40. The lowest BCUT2D eigenvalue weighted by molar-refractivity contribution is 0.0766. The SMILES string of the molecule is C=C/C(F)=C(\C(F)=C/C)c1cc(Nc2ccc(N3C(C)CCCC3C)cn2)c2c(n1)CN(Cc1ccc(OC)cc1OC)C2=O.CC.CC. The van der Waals surface area contributed by atoms with Gasteiger partial charge in [0.05, 0.1) is 67.4 Å². The molecule has 1 aromatic carbocycles. The highest BCUT2D eigenvalue weighted by molar-refractivity contribution is 6.04. The Bertz CT molecular complexity index is 1650. The number of benzene rings is 1. The highest BCUT2D eigenvalue weighted by Crippen LogP contribution is 2.38. The number of piperidine rings is 1. The van der Waals surface area contributed by atoms with Crippen LogP contribution in [0.25, 0.3) is 5.57 Å². The van der Waals surface area contributed by atoms with Crippen molar-refractivity contribution in [2.75, 3.05) is 24.4 Å². The lowest BCUT2D eigenvalue weighted by atomic mass is 9.97. The number of hydrogen-bond acceptors (Lipinski definition) is 7. The molecule has 2 aliphatic rings. The van der Waals surface area contributed by atoms with Crippen LogP contribution in [0.3, 0.4) is 0 Å². The molecule has 1 N–H and O–H groups in total. The van der Waals surface area contributed by atoms with Gasteiger partial charge in [-0.3, -0.25) is 4.79 Å². The molecular weight excluding hydrogens is 624 g/mol. The summed E-state index contributed by atoms with van der Waals surface area (Å²) in [5.74, 6) is -0.248. The van der Waals surface area contributed by atoms with Crippen LogP contribution in [-0.2, 0) is 13.1 Å². The number of allylic oxidation sites excluding steroid dienone is 5. The van der Waals surface area contributed by atoms with Crippen molar-refractivity contribution in [2.24, 2.45) is 0 Å². The second kappa shape index (κ2) is 18.1. The van der Waals surface area contributed by atoms with E-state index in [9.17, 15) is 4.79 Å². The number of methoxy groups -OCH3 is 2. The van der Waals surface area contributed by atoms with E-state index in [1.54, 1.807) is 31.3 Å². The maximum absolute atomic E-state index is 15.0. The molecule has 4 heterocycles. The molecule has 2 unspecified atom stereocenters. The molecule has 2 atom stereocenters. The van der Waals surface area contributed by atoms with Gasteiger partial charge in [-0.25, -0.2) is 18.7 Å². The summed E-state index contributed by atoms with van der Waals surface area (Å²) in [5.41, 5.74) is 2.54. The fourth-order valence-electron chi connectivity index (χ4n) is 6.19. The fraction of sp³-hybridized carbons (Fsp3) is 0.410. The first-order chi connectivity index (χ1) is 23.7. The Hall–Kier alpha value is -4.73. The second-order valence-electron chi connectivity index (χ2n) is 11.3. The molecule has 8 nitrogen and oxygen atoms in total. The largest absolute Gasteiger partial charge is 0.497 e. The van der Waals surface area contributed by atoms with Gasteiger partial charge in [-0.05, 0) is 76.4 Å². The standard InChI is InChI=1S/C35H39F2N5O3.2C2H6/c1-7-26(36)33(27(37)8-2)28-17-29(40-32-15-13-24(18-38-32)42-21(3)10-9-11-22(42)4)34-30(39-28)20-41(35(34)43)19-23-12-14-25(44-5)16-31(23)45-6;2*1-2/h7-8,12-18,21-22H,1,9-11,19-20H2,2-6H3,(H,38,39,40);2*1-2H3/b27-8+,33-26-;;. The minimum Gasteiger partial charge on any atom is -0.497 e. The summed E-state index contributed by atoms with van der Waals surface area (Å²) in [7, 11) is 3.12. The first-order valence-electron chi connectivity index (χ1n) is 17.1. The molecular formula is C39H51F2N5O3. The van der Waals surface area contributed by atoms with Gasteiger partial charge in [0.1, 0.15) is 29.0 Å². The number of hydrogen-bond donors (Lipinski definition) is 1. The number of halogens is 2. The smallest absolute Gasteiger partial charge is 0.258 e. The van der Waals surface area contributed by atoms with Gasteiger partial charge < -0.3 is 24.6 Å². The number of nitrogens with one attached hydrogen (secondary N) is 1. The van der Waals surface area contributed by atoms with Crippen LogP contribution in [0, 0.1) is 0 Å². The van der Waals surface area contributed by atoms with Crippen molar-refractivity contribution in [1.29, 1.82) is 0 Å². The van der Waals surface area contributed by atoms with E-state index in [4.69, 9.17) is 9.47 Å². The van der Waals surface area contributed by atoms with E-state index in [1.807, 2.05) is 52.1 Å². The van der Waals surface area contributed by atoms with Crippen molar-refractivity contribution in [3.8, 4) is 11.5 Å². The molecule has 0 aliphatic carbocycles. The topological polar surface area (TPSA) is 79.8 Å². The van der Waals surface area contributed by atoms with E-state index in [-0.39, 0.29) is 30.3 Å². The zero-order chi connectivity index (χ0) is 36.2. The molecule has 2 aromatic heterocycles. The second-order valence-corrected chi connectivity index (χ2v) is 11.3. The van der Waals surface area contributed by atoms with E-state index >= 15 is 8.78 Å². The summed E-state index contributed by atoms with van der Waals surface area (Å²) in [6.45, 7) is 17.7. The molecule has 10 heteroatoms. The van der Waals surface area contributed by atoms with Gasteiger partial charge in [-0.1, -0.05) is 40.3 Å². The Labute approximate surface area is 290 Å². The maximum Gasteiger partial charge on any atom is 0.258 e. The van der Waals surface area contributed by atoms with Gasteiger partial charge in [-0.2, -0.15) is 0 Å². The molecule has 1 saturated heterocycles. The average molecular weight is 676 g/mol. The number of aromatic nitrogens is 2. The predicted octanol–water partition coefficient (Wildman–Crippen LogP) is 9.95. The van der Waals surface area contributed by atoms with Crippen molar-refractivity contribution in [1.82, 2.24) is 14.9 Å². The Morgan fingerprint density at radius 3 is 2.31 bits per heavy atom. The van der Waals surface area contributed by atoms with Crippen LogP contribution in [0.1, 0.15) is 95.0 Å². The van der Waals surface area contributed by atoms with Crippen molar-refractivity contribution in [2.45, 2.75) is 92.9 Å². The Balaban J connectivity index is 0.00000157. The normalized spacial score (nSPS) is 17.5. The van der Waals surface area contributed by atoms with Crippen molar-refractivity contribution in [3.05, 3.63) is 95.5 Å². The molecule has 3 aromatic rings. The third kappa shape index (κ3) is 8.66. The van der Waals surface area contributed by atoms with Crippen LogP contribution in [0.2, 0.25) is 0 Å². The van der Waals surface area contributed by atoms with E-state index in [1.165, 1.54) is 19.4 Å². The highest BCUT2D eigenvalue weighted by Gasteiger charge is 2.34. The van der Waals surface area contributed by atoms with Crippen molar-refractivity contribution < 1.29 is 23.0 Å². The molecule has 0 bridgehead atoms. The van der Waals surface area contributed by atoms with E-state index in [2.05, 4.69) is 40.6 Å². The summed E-state index contributed by atoms with van der Waals surface area (Å²) >= 11 is 0.